The second-order valence-electron chi connectivity index (χ2n) is 4.87. The van der Waals surface area contributed by atoms with Crippen molar-refractivity contribution in [1.29, 1.82) is 0 Å². The number of rotatable bonds is 3. The van der Waals surface area contributed by atoms with Crippen LogP contribution >= 0.6 is 15.9 Å². The molecule has 0 radical (unpaired) electrons. The summed E-state index contributed by atoms with van der Waals surface area (Å²) >= 11 is 3.49. The molecule has 0 saturated carbocycles. The van der Waals surface area contributed by atoms with Crippen LogP contribution < -0.4 is 0 Å². The first kappa shape index (κ1) is 14.3. The van der Waals surface area contributed by atoms with Gasteiger partial charge in [0.05, 0.1) is 12.6 Å². The fourth-order valence-corrected chi connectivity index (χ4v) is 2.97. The van der Waals surface area contributed by atoms with Crippen molar-refractivity contribution in [2.75, 3.05) is 13.2 Å². The normalized spacial score (nSPS) is 19.3. The Morgan fingerprint density at radius 3 is 3.05 bits per heavy atom. The highest BCUT2D eigenvalue weighted by Crippen LogP contribution is 2.21. The zero-order valence-electron chi connectivity index (χ0n) is 11.0. The molecular weight excluding hydrogens is 306 g/mol. The Hall–Kier alpha value is -1.13. The number of amides is 1. The van der Waals surface area contributed by atoms with Crippen LogP contribution in [0.5, 0.6) is 0 Å². The van der Waals surface area contributed by atoms with Crippen molar-refractivity contribution in [2.24, 2.45) is 0 Å². The van der Waals surface area contributed by atoms with Gasteiger partial charge >= 0.3 is 0 Å². The van der Waals surface area contributed by atoms with Gasteiger partial charge in [-0.05, 0) is 43.0 Å². The molecular formula is C15H18BrNO2. The van der Waals surface area contributed by atoms with Gasteiger partial charge in [0.25, 0.3) is 0 Å². The van der Waals surface area contributed by atoms with E-state index in [9.17, 15) is 9.90 Å². The van der Waals surface area contributed by atoms with Crippen molar-refractivity contribution >= 4 is 27.9 Å². The molecule has 1 fully saturated rings. The van der Waals surface area contributed by atoms with Crippen LogP contribution in [0.3, 0.4) is 0 Å². The molecule has 1 heterocycles. The maximum absolute atomic E-state index is 12.1. The summed E-state index contributed by atoms with van der Waals surface area (Å²) in [6.07, 6.45) is 5.27. The number of benzene rings is 1. The highest BCUT2D eigenvalue weighted by Gasteiger charge is 2.26. The standard InChI is InChI=1S/C15H18BrNO2/c1-11-4-5-12(14(16)9-11)6-7-15(19)17-8-2-3-13(17)10-18/h4-7,9,13,18H,2-3,8,10H2,1H3/t13-/m0/s1. The third kappa shape index (κ3) is 3.45. The molecule has 0 aromatic heterocycles. The first-order valence-electron chi connectivity index (χ1n) is 6.47. The van der Waals surface area contributed by atoms with Crippen LogP contribution in [-0.4, -0.2) is 35.1 Å². The second kappa shape index (κ2) is 6.35. The van der Waals surface area contributed by atoms with Crippen molar-refractivity contribution in [3.05, 3.63) is 39.9 Å². The van der Waals surface area contributed by atoms with E-state index in [0.29, 0.717) is 0 Å². The van der Waals surface area contributed by atoms with E-state index in [1.807, 2.05) is 31.2 Å². The van der Waals surface area contributed by atoms with Gasteiger partial charge < -0.3 is 10.0 Å². The number of aliphatic hydroxyl groups is 1. The number of aliphatic hydroxyl groups excluding tert-OH is 1. The summed E-state index contributed by atoms with van der Waals surface area (Å²) in [5.41, 5.74) is 2.16. The molecule has 1 atom stereocenters. The van der Waals surface area contributed by atoms with Crippen molar-refractivity contribution in [1.82, 2.24) is 4.90 Å². The molecule has 1 aliphatic rings. The van der Waals surface area contributed by atoms with E-state index in [2.05, 4.69) is 15.9 Å². The van der Waals surface area contributed by atoms with Gasteiger partial charge in [0.2, 0.25) is 5.91 Å². The molecule has 0 spiro atoms. The predicted molar refractivity (Wildman–Crippen MR) is 79.7 cm³/mol. The minimum Gasteiger partial charge on any atom is -0.394 e. The smallest absolute Gasteiger partial charge is 0.246 e. The second-order valence-corrected chi connectivity index (χ2v) is 5.72. The van der Waals surface area contributed by atoms with Gasteiger partial charge in [-0.2, -0.15) is 0 Å². The quantitative estimate of drug-likeness (QED) is 0.869. The van der Waals surface area contributed by atoms with Crippen LogP contribution in [-0.2, 0) is 4.79 Å². The molecule has 4 heteroatoms. The fourth-order valence-electron chi connectivity index (χ4n) is 2.34. The zero-order chi connectivity index (χ0) is 13.8. The summed E-state index contributed by atoms with van der Waals surface area (Å²) in [6.45, 7) is 2.82. The molecule has 1 aromatic rings. The Kier molecular flexibility index (Phi) is 4.77. The van der Waals surface area contributed by atoms with Gasteiger partial charge in [-0.1, -0.05) is 28.1 Å². The van der Waals surface area contributed by atoms with Crippen molar-refractivity contribution in [2.45, 2.75) is 25.8 Å². The summed E-state index contributed by atoms with van der Waals surface area (Å²) in [4.78, 5) is 13.8. The van der Waals surface area contributed by atoms with E-state index >= 15 is 0 Å². The highest BCUT2D eigenvalue weighted by molar-refractivity contribution is 9.10. The minimum absolute atomic E-state index is 0.0152. The van der Waals surface area contributed by atoms with E-state index < -0.39 is 0 Å². The summed E-state index contributed by atoms with van der Waals surface area (Å²) in [7, 11) is 0. The number of aryl methyl sites for hydroxylation is 1. The maximum atomic E-state index is 12.1. The average molecular weight is 324 g/mol. The van der Waals surface area contributed by atoms with Crippen molar-refractivity contribution in [3.8, 4) is 0 Å². The van der Waals surface area contributed by atoms with Crippen LogP contribution in [0.15, 0.2) is 28.7 Å². The maximum Gasteiger partial charge on any atom is 0.246 e. The monoisotopic (exact) mass is 323 g/mol. The number of nitrogens with zero attached hydrogens (tertiary/aromatic N) is 1. The van der Waals surface area contributed by atoms with Crippen molar-refractivity contribution < 1.29 is 9.90 Å². The number of carbonyl (C=O) groups is 1. The van der Waals surface area contributed by atoms with E-state index in [4.69, 9.17) is 0 Å². The van der Waals surface area contributed by atoms with Crippen LogP contribution in [0.1, 0.15) is 24.0 Å². The molecule has 0 aliphatic carbocycles. The number of hydrogen-bond acceptors (Lipinski definition) is 2. The topological polar surface area (TPSA) is 40.5 Å². The molecule has 1 aliphatic heterocycles. The predicted octanol–water partition coefficient (Wildman–Crippen LogP) is 2.75. The molecule has 2 rings (SSSR count). The Balaban J connectivity index is 2.07. The number of carbonyl (C=O) groups excluding carboxylic acids is 1. The van der Waals surface area contributed by atoms with Crippen LogP contribution in [0.4, 0.5) is 0 Å². The molecule has 0 bridgehead atoms. The summed E-state index contributed by atoms with van der Waals surface area (Å²) in [5.74, 6) is -0.0241. The molecule has 19 heavy (non-hydrogen) atoms. The molecule has 3 nitrogen and oxygen atoms in total. The number of likely N-dealkylation sites (tertiary alicyclic amines) is 1. The molecule has 102 valence electrons. The molecule has 1 amide bonds. The lowest BCUT2D eigenvalue weighted by Crippen LogP contribution is -2.36. The first-order valence-corrected chi connectivity index (χ1v) is 7.27. The van der Waals surface area contributed by atoms with Gasteiger partial charge in [0.1, 0.15) is 0 Å². The molecule has 1 aromatic carbocycles. The molecule has 0 unspecified atom stereocenters. The zero-order valence-corrected chi connectivity index (χ0v) is 12.6. The average Bonchev–Trinajstić information content (AvgIpc) is 2.85. The minimum atomic E-state index is -0.0241. The highest BCUT2D eigenvalue weighted by atomic mass is 79.9. The first-order chi connectivity index (χ1) is 9.11. The van der Waals surface area contributed by atoms with E-state index in [0.717, 1.165) is 29.4 Å². The van der Waals surface area contributed by atoms with Crippen LogP contribution in [0.2, 0.25) is 0 Å². The Bertz CT molecular complexity index is 499. The summed E-state index contributed by atoms with van der Waals surface area (Å²) < 4.78 is 0.983. The third-order valence-electron chi connectivity index (χ3n) is 3.43. The SMILES string of the molecule is Cc1ccc(C=CC(=O)N2CCC[C@H]2CO)c(Br)c1. The fraction of sp³-hybridized carbons (Fsp3) is 0.400. The van der Waals surface area contributed by atoms with Gasteiger partial charge in [-0.15, -0.1) is 0 Å². The summed E-state index contributed by atoms with van der Waals surface area (Å²) in [5, 5.41) is 9.22. The van der Waals surface area contributed by atoms with E-state index in [1.165, 1.54) is 5.56 Å². The number of hydrogen-bond donors (Lipinski definition) is 1. The Labute approximate surface area is 122 Å². The van der Waals surface area contributed by atoms with Crippen LogP contribution in [0.25, 0.3) is 6.08 Å². The largest absolute Gasteiger partial charge is 0.394 e. The lowest BCUT2D eigenvalue weighted by molar-refractivity contribution is -0.127. The number of halogens is 1. The van der Waals surface area contributed by atoms with E-state index in [1.54, 1.807) is 11.0 Å². The Morgan fingerprint density at radius 1 is 1.58 bits per heavy atom. The Morgan fingerprint density at radius 2 is 2.37 bits per heavy atom. The van der Waals surface area contributed by atoms with Crippen molar-refractivity contribution in [3.63, 3.8) is 0 Å². The van der Waals surface area contributed by atoms with Gasteiger partial charge in [0.15, 0.2) is 0 Å². The molecule has 1 N–H and O–H groups in total. The lowest BCUT2D eigenvalue weighted by Gasteiger charge is -2.21. The van der Waals surface area contributed by atoms with Gasteiger partial charge in [-0.3, -0.25) is 4.79 Å². The third-order valence-corrected chi connectivity index (χ3v) is 4.12. The lowest BCUT2D eigenvalue weighted by atomic mass is 10.1. The summed E-state index contributed by atoms with van der Waals surface area (Å²) in [6, 6.07) is 6.01. The van der Waals surface area contributed by atoms with Gasteiger partial charge in [-0.25, -0.2) is 0 Å². The molecule has 1 saturated heterocycles. The van der Waals surface area contributed by atoms with Gasteiger partial charge in [0, 0.05) is 17.1 Å². The van der Waals surface area contributed by atoms with E-state index in [-0.39, 0.29) is 18.6 Å². The van der Waals surface area contributed by atoms with Crippen LogP contribution in [0, 0.1) is 6.92 Å².